The first-order valence-corrected chi connectivity index (χ1v) is 17.0. The lowest BCUT2D eigenvalue weighted by molar-refractivity contribution is -0.147. The largest absolute Gasteiger partial charge is 0.336 e. The van der Waals surface area contributed by atoms with Crippen molar-refractivity contribution < 1.29 is 9.59 Å². The average molecular weight is 672 g/mol. The molecule has 250 valence electrons. The minimum absolute atomic E-state index is 0. The number of amides is 2. The zero-order chi connectivity index (χ0) is 32.1. The molecule has 3 aliphatic rings. The quantitative estimate of drug-likeness (QED) is 0.313. The fourth-order valence-corrected chi connectivity index (χ4v) is 8.12. The highest BCUT2D eigenvalue weighted by molar-refractivity contribution is 6.35. The van der Waals surface area contributed by atoms with E-state index in [1.165, 1.54) is 0 Å². The highest BCUT2D eigenvalue weighted by atomic mass is 35.5. The van der Waals surface area contributed by atoms with Crippen LogP contribution >= 0.6 is 35.6 Å². The molecule has 9 heteroatoms. The van der Waals surface area contributed by atoms with Crippen LogP contribution in [0.5, 0.6) is 0 Å². The summed E-state index contributed by atoms with van der Waals surface area (Å²) in [5, 5.41) is 1.22. The lowest BCUT2D eigenvalue weighted by Crippen LogP contribution is -2.54. The van der Waals surface area contributed by atoms with E-state index in [0.717, 1.165) is 50.8 Å². The molecule has 1 aliphatic carbocycles. The third-order valence-electron chi connectivity index (χ3n) is 10.2. The Kier molecular flexibility index (Phi) is 11.9. The fourth-order valence-electron chi connectivity index (χ4n) is 7.57. The molecule has 44 heavy (non-hydrogen) atoms. The highest BCUT2D eigenvalue weighted by Crippen LogP contribution is 2.43. The minimum atomic E-state index is -0.476. The molecule has 0 aromatic heterocycles. The predicted molar refractivity (Wildman–Crippen MR) is 186 cm³/mol. The van der Waals surface area contributed by atoms with Crippen molar-refractivity contribution in [3.8, 4) is 0 Å². The standard InChI is InChI=1S/C35H56Cl2N4O2.ClH/c1-33(2,3)32(43)41(24-13-15-35(7,8)16-14-24)26-18-25(19-38(9)10)40(20-26)31(42)29-22-39(34(4,5)6)21-28(29)27-12-11-23(36)17-30(27)37;/h11-12,17,24-26,28-29H,13-16,18-22H2,1-10H3;1H/t25-,26-,28-,29+;/m0./s1. The van der Waals surface area contributed by atoms with Gasteiger partial charge >= 0.3 is 0 Å². The molecule has 4 rings (SSSR count). The normalized spacial score (nSPS) is 26.6. The smallest absolute Gasteiger partial charge is 0.228 e. The fraction of sp³-hybridized carbons (Fsp3) is 0.771. The van der Waals surface area contributed by atoms with Crippen molar-refractivity contribution in [1.29, 1.82) is 0 Å². The van der Waals surface area contributed by atoms with E-state index in [1.807, 2.05) is 32.9 Å². The lowest BCUT2D eigenvalue weighted by atomic mass is 9.74. The van der Waals surface area contributed by atoms with Crippen LogP contribution in [0.25, 0.3) is 0 Å². The Hall–Kier alpha value is -1.05. The monoisotopic (exact) mass is 670 g/mol. The third kappa shape index (κ3) is 8.45. The van der Waals surface area contributed by atoms with Crippen LogP contribution < -0.4 is 0 Å². The van der Waals surface area contributed by atoms with Crippen LogP contribution in [0.15, 0.2) is 18.2 Å². The van der Waals surface area contributed by atoms with Crippen molar-refractivity contribution in [1.82, 2.24) is 19.6 Å². The van der Waals surface area contributed by atoms with Gasteiger partial charge in [-0.2, -0.15) is 0 Å². The van der Waals surface area contributed by atoms with Gasteiger partial charge in [0.1, 0.15) is 0 Å². The summed E-state index contributed by atoms with van der Waals surface area (Å²) in [7, 11) is 4.15. The number of likely N-dealkylation sites (tertiary alicyclic amines) is 2. The molecule has 0 N–H and O–H groups in total. The van der Waals surface area contributed by atoms with E-state index >= 15 is 0 Å². The van der Waals surface area contributed by atoms with E-state index < -0.39 is 5.41 Å². The van der Waals surface area contributed by atoms with Gasteiger partial charge < -0.3 is 14.7 Å². The predicted octanol–water partition coefficient (Wildman–Crippen LogP) is 7.60. The van der Waals surface area contributed by atoms with Crippen molar-refractivity contribution >= 4 is 47.4 Å². The summed E-state index contributed by atoms with van der Waals surface area (Å²) in [5.41, 5.74) is 0.756. The highest BCUT2D eigenvalue weighted by Gasteiger charge is 2.49. The molecule has 6 nitrogen and oxygen atoms in total. The molecule has 0 spiro atoms. The Labute approximate surface area is 283 Å². The van der Waals surface area contributed by atoms with Crippen molar-refractivity contribution in [3.63, 3.8) is 0 Å². The molecular weight excluding hydrogens is 615 g/mol. The summed E-state index contributed by atoms with van der Waals surface area (Å²) in [6, 6.07) is 5.97. The van der Waals surface area contributed by atoms with Crippen LogP contribution in [0, 0.1) is 16.7 Å². The maximum absolute atomic E-state index is 14.8. The molecule has 2 amide bonds. The van der Waals surface area contributed by atoms with Gasteiger partial charge in [0.05, 0.1) is 12.0 Å². The van der Waals surface area contributed by atoms with Crippen molar-refractivity contribution in [2.45, 2.75) is 117 Å². The van der Waals surface area contributed by atoms with Gasteiger partial charge in [0, 0.05) is 65.2 Å². The van der Waals surface area contributed by atoms with Crippen LogP contribution in [0.1, 0.15) is 99.0 Å². The molecule has 1 saturated carbocycles. The molecular formula is C35H57Cl3N4O2. The van der Waals surface area contributed by atoms with Gasteiger partial charge in [-0.05, 0) is 90.1 Å². The van der Waals surface area contributed by atoms with Crippen LogP contribution in [0.3, 0.4) is 0 Å². The van der Waals surface area contributed by atoms with Gasteiger partial charge in [-0.3, -0.25) is 14.5 Å². The van der Waals surface area contributed by atoms with E-state index in [4.69, 9.17) is 23.2 Å². The number of likely N-dealkylation sites (N-methyl/N-ethyl adjacent to an activating group) is 1. The molecule has 4 atom stereocenters. The molecule has 2 heterocycles. The number of rotatable bonds is 6. The second-order valence-corrected chi connectivity index (χ2v) is 17.5. The second kappa shape index (κ2) is 14.0. The number of hydrogen-bond acceptors (Lipinski definition) is 4. The first kappa shape index (κ1) is 37.4. The number of carbonyl (C=O) groups excluding carboxylic acids is 2. The molecule has 1 aromatic rings. The second-order valence-electron chi connectivity index (χ2n) is 16.6. The lowest BCUT2D eigenvalue weighted by Gasteiger charge is -2.45. The topological polar surface area (TPSA) is 47.1 Å². The minimum Gasteiger partial charge on any atom is -0.336 e. The Morgan fingerprint density at radius 1 is 0.955 bits per heavy atom. The van der Waals surface area contributed by atoms with Crippen LogP contribution in [-0.4, -0.2) is 95.4 Å². The van der Waals surface area contributed by atoms with Gasteiger partial charge in [-0.1, -0.05) is 63.9 Å². The van der Waals surface area contributed by atoms with E-state index in [0.29, 0.717) is 28.5 Å². The molecule has 0 unspecified atom stereocenters. The first-order valence-electron chi connectivity index (χ1n) is 16.3. The zero-order valence-corrected chi connectivity index (χ0v) is 31.1. The molecule has 2 aliphatic heterocycles. The SMILES string of the molecule is CN(C)C[C@@H]1C[C@H](N(C(=O)C(C)(C)C)C2CCC(C)(C)CC2)CN1C(=O)[C@@H]1CN(C(C)(C)C)C[C@H]1c1ccc(Cl)cc1Cl.Cl. The van der Waals surface area contributed by atoms with E-state index in [9.17, 15) is 9.59 Å². The van der Waals surface area contributed by atoms with Crippen molar-refractivity contribution in [2.24, 2.45) is 16.7 Å². The molecule has 3 fully saturated rings. The summed E-state index contributed by atoms with van der Waals surface area (Å²) >= 11 is 13.0. The van der Waals surface area contributed by atoms with Crippen LogP contribution in [0.2, 0.25) is 10.0 Å². The van der Waals surface area contributed by atoms with Gasteiger partial charge in [-0.15, -0.1) is 12.4 Å². The Morgan fingerprint density at radius 3 is 2.09 bits per heavy atom. The Balaban J connectivity index is 0.00000529. The first-order chi connectivity index (χ1) is 19.8. The van der Waals surface area contributed by atoms with Gasteiger partial charge in [-0.25, -0.2) is 0 Å². The van der Waals surface area contributed by atoms with Gasteiger partial charge in [0.25, 0.3) is 0 Å². The van der Waals surface area contributed by atoms with E-state index in [-0.39, 0.29) is 59.7 Å². The summed E-state index contributed by atoms with van der Waals surface area (Å²) in [6.45, 7) is 20.2. The van der Waals surface area contributed by atoms with Crippen LogP contribution in [-0.2, 0) is 9.59 Å². The average Bonchev–Trinajstić information content (AvgIpc) is 3.49. The number of hydrogen-bond donors (Lipinski definition) is 0. The number of halogens is 3. The maximum Gasteiger partial charge on any atom is 0.228 e. The molecule has 2 saturated heterocycles. The summed E-state index contributed by atoms with van der Waals surface area (Å²) in [4.78, 5) is 37.8. The van der Waals surface area contributed by atoms with Crippen molar-refractivity contribution in [3.05, 3.63) is 33.8 Å². The van der Waals surface area contributed by atoms with E-state index in [1.54, 1.807) is 6.07 Å². The summed E-state index contributed by atoms with van der Waals surface area (Å²) in [5.74, 6) is 0.155. The number of carbonyl (C=O) groups is 2. The van der Waals surface area contributed by atoms with Crippen LogP contribution in [0.4, 0.5) is 0 Å². The summed E-state index contributed by atoms with van der Waals surface area (Å²) < 4.78 is 0. The molecule has 1 aromatic carbocycles. The molecule has 0 radical (unpaired) electrons. The summed E-state index contributed by atoms with van der Waals surface area (Å²) in [6.07, 6.45) is 5.11. The Morgan fingerprint density at radius 2 is 1.57 bits per heavy atom. The Bertz CT molecular complexity index is 1170. The number of benzene rings is 1. The number of nitrogens with zero attached hydrogens (tertiary/aromatic N) is 4. The zero-order valence-electron chi connectivity index (χ0n) is 28.8. The van der Waals surface area contributed by atoms with Gasteiger partial charge in [0.2, 0.25) is 11.8 Å². The maximum atomic E-state index is 14.8. The molecule has 0 bridgehead atoms. The van der Waals surface area contributed by atoms with E-state index in [2.05, 4.69) is 68.3 Å². The van der Waals surface area contributed by atoms with Crippen molar-refractivity contribution in [2.75, 3.05) is 40.3 Å². The third-order valence-corrected chi connectivity index (χ3v) is 10.7. The van der Waals surface area contributed by atoms with Gasteiger partial charge in [0.15, 0.2) is 0 Å².